The predicted molar refractivity (Wildman–Crippen MR) is 147 cm³/mol. The van der Waals surface area contributed by atoms with Gasteiger partial charge in [0.2, 0.25) is 23.6 Å². The highest BCUT2D eigenvalue weighted by molar-refractivity contribution is 5.94. The fraction of sp³-hybridized carbons (Fsp3) is 0.577. The van der Waals surface area contributed by atoms with E-state index in [9.17, 15) is 24.3 Å². The van der Waals surface area contributed by atoms with Gasteiger partial charge in [0, 0.05) is 13.1 Å². The zero-order chi connectivity index (χ0) is 28.8. The fourth-order valence-electron chi connectivity index (χ4n) is 4.47. The summed E-state index contributed by atoms with van der Waals surface area (Å²) in [5.74, 6) is -1.93. The number of aliphatic hydroxyl groups excluding tert-OH is 1. The average molecular weight is 547 g/mol. The molecular formula is C26H42N8O5. The number of carbonyl (C=O) groups excluding carboxylic acids is 4. The summed E-state index contributed by atoms with van der Waals surface area (Å²) in [6, 6.07) is 4.47. The number of guanidine groups is 1. The molecule has 0 aliphatic carbocycles. The molecule has 13 heteroatoms. The Labute approximate surface area is 228 Å². The largest absolute Gasteiger partial charge is 0.392 e. The fourth-order valence-corrected chi connectivity index (χ4v) is 4.47. The quantitative estimate of drug-likeness (QED) is 0.0719. The van der Waals surface area contributed by atoms with E-state index in [1.165, 1.54) is 0 Å². The van der Waals surface area contributed by atoms with Crippen LogP contribution in [0.4, 0.5) is 0 Å². The Kier molecular flexibility index (Phi) is 13.2. The first kappa shape index (κ1) is 31.5. The highest BCUT2D eigenvalue weighted by atomic mass is 16.3. The van der Waals surface area contributed by atoms with E-state index < -0.39 is 35.8 Å². The summed E-state index contributed by atoms with van der Waals surface area (Å²) < 4.78 is 0. The number of aliphatic imine (C=N–C) groups is 1. The normalized spacial score (nSPS) is 16.3. The summed E-state index contributed by atoms with van der Waals surface area (Å²) in [4.78, 5) is 56.8. The maximum Gasteiger partial charge on any atom is 0.243 e. The molecule has 4 amide bonds. The Hall–Kier alpha value is -3.71. The van der Waals surface area contributed by atoms with Crippen LogP contribution in [0.3, 0.4) is 0 Å². The molecular weight excluding hydrogens is 504 g/mol. The molecule has 0 radical (unpaired) electrons. The molecule has 1 aliphatic heterocycles. The maximum absolute atomic E-state index is 13.3. The minimum atomic E-state index is -0.956. The van der Waals surface area contributed by atoms with Gasteiger partial charge in [-0.15, -0.1) is 0 Å². The van der Waals surface area contributed by atoms with Crippen molar-refractivity contribution in [3.05, 3.63) is 35.4 Å². The van der Waals surface area contributed by atoms with Crippen LogP contribution >= 0.6 is 0 Å². The van der Waals surface area contributed by atoms with Crippen molar-refractivity contribution in [3.63, 3.8) is 0 Å². The van der Waals surface area contributed by atoms with E-state index in [1.54, 1.807) is 29.2 Å². The highest BCUT2D eigenvalue weighted by Gasteiger charge is 2.36. The number of primary amides is 1. The van der Waals surface area contributed by atoms with E-state index in [4.69, 9.17) is 22.9 Å². The summed E-state index contributed by atoms with van der Waals surface area (Å²) in [5, 5.41) is 14.6. The molecule has 3 atom stereocenters. The third-order valence-corrected chi connectivity index (χ3v) is 6.62. The SMILES string of the molecule is NCCCCC(NC(=O)C1CCCN1C(=O)Cc1ccc(CO)cc1)C(=O)NC(CCCN=C(N)N)C(N)=O. The Morgan fingerprint density at radius 2 is 1.64 bits per heavy atom. The molecule has 11 N–H and O–H groups in total. The van der Waals surface area contributed by atoms with Gasteiger partial charge in [-0.2, -0.15) is 0 Å². The summed E-state index contributed by atoms with van der Waals surface area (Å²) in [7, 11) is 0. The Morgan fingerprint density at radius 3 is 2.26 bits per heavy atom. The van der Waals surface area contributed by atoms with Gasteiger partial charge in [0.25, 0.3) is 0 Å². The monoisotopic (exact) mass is 546 g/mol. The second-order valence-corrected chi connectivity index (χ2v) is 9.65. The first-order chi connectivity index (χ1) is 18.7. The molecule has 0 spiro atoms. The Bertz CT molecular complexity index is 997. The first-order valence-electron chi connectivity index (χ1n) is 13.3. The van der Waals surface area contributed by atoms with Crippen LogP contribution in [0.15, 0.2) is 29.3 Å². The number of likely N-dealkylation sites (tertiary alicyclic amines) is 1. The molecule has 1 aromatic carbocycles. The van der Waals surface area contributed by atoms with Gasteiger partial charge in [0.05, 0.1) is 13.0 Å². The third kappa shape index (κ3) is 10.5. The predicted octanol–water partition coefficient (Wildman–Crippen LogP) is -1.65. The lowest BCUT2D eigenvalue weighted by atomic mass is 10.1. The molecule has 1 aromatic rings. The molecule has 0 aromatic heterocycles. The molecule has 1 heterocycles. The van der Waals surface area contributed by atoms with E-state index >= 15 is 0 Å². The third-order valence-electron chi connectivity index (χ3n) is 6.62. The summed E-state index contributed by atoms with van der Waals surface area (Å²) in [6.07, 6.45) is 3.45. The number of rotatable bonds is 16. The number of nitrogens with two attached hydrogens (primary N) is 4. The van der Waals surface area contributed by atoms with E-state index in [1.807, 2.05) is 0 Å². The first-order valence-corrected chi connectivity index (χ1v) is 13.3. The van der Waals surface area contributed by atoms with Gasteiger partial charge in [-0.25, -0.2) is 0 Å². The zero-order valence-corrected chi connectivity index (χ0v) is 22.3. The number of amides is 4. The topological polar surface area (TPSA) is 232 Å². The Morgan fingerprint density at radius 1 is 0.974 bits per heavy atom. The van der Waals surface area contributed by atoms with Crippen molar-refractivity contribution in [2.45, 2.75) is 76.1 Å². The summed E-state index contributed by atoms with van der Waals surface area (Å²) in [5.41, 5.74) is 23.2. The van der Waals surface area contributed by atoms with Crippen LogP contribution < -0.4 is 33.6 Å². The molecule has 3 unspecified atom stereocenters. The lowest BCUT2D eigenvalue weighted by molar-refractivity contribution is -0.139. The molecule has 0 bridgehead atoms. The van der Waals surface area contributed by atoms with Crippen molar-refractivity contribution < 1.29 is 24.3 Å². The second kappa shape index (κ2) is 16.3. The van der Waals surface area contributed by atoms with Crippen LogP contribution in [0.25, 0.3) is 0 Å². The van der Waals surface area contributed by atoms with Crippen LogP contribution in [0, 0.1) is 0 Å². The molecule has 2 rings (SSSR count). The van der Waals surface area contributed by atoms with Gasteiger partial charge in [0.1, 0.15) is 18.1 Å². The van der Waals surface area contributed by atoms with Gasteiger partial charge in [0.15, 0.2) is 5.96 Å². The van der Waals surface area contributed by atoms with Crippen LogP contribution in [0.1, 0.15) is 56.1 Å². The van der Waals surface area contributed by atoms with E-state index in [2.05, 4.69) is 15.6 Å². The molecule has 216 valence electrons. The number of nitrogens with one attached hydrogen (secondary N) is 2. The number of hydrogen-bond acceptors (Lipinski definition) is 7. The molecule has 1 aliphatic rings. The average Bonchev–Trinajstić information content (AvgIpc) is 3.40. The number of unbranched alkanes of at least 4 members (excludes halogenated alkanes) is 1. The van der Waals surface area contributed by atoms with Gasteiger partial charge < -0.3 is 43.6 Å². The van der Waals surface area contributed by atoms with Crippen molar-refractivity contribution in [2.24, 2.45) is 27.9 Å². The number of carbonyl (C=O) groups is 4. The van der Waals surface area contributed by atoms with Crippen molar-refractivity contribution in [2.75, 3.05) is 19.6 Å². The van der Waals surface area contributed by atoms with Crippen LogP contribution in [0.2, 0.25) is 0 Å². The van der Waals surface area contributed by atoms with Crippen molar-refractivity contribution >= 4 is 29.6 Å². The van der Waals surface area contributed by atoms with Gasteiger partial charge in [-0.3, -0.25) is 24.2 Å². The molecule has 0 saturated carbocycles. The molecule has 1 fully saturated rings. The minimum Gasteiger partial charge on any atom is -0.392 e. The number of hydrogen-bond donors (Lipinski definition) is 7. The highest BCUT2D eigenvalue weighted by Crippen LogP contribution is 2.20. The van der Waals surface area contributed by atoms with Crippen LogP contribution in [-0.4, -0.2) is 77.4 Å². The molecule has 1 saturated heterocycles. The summed E-state index contributed by atoms with van der Waals surface area (Å²) >= 11 is 0. The smallest absolute Gasteiger partial charge is 0.243 e. The van der Waals surface area contributed by atoms with Crippen molar-refractivity contribution in [1.82, 2.24) is 15.5 Å². The van der Waals surface area contributed by atoms with E-state index in [0.29, 0.717) is 51.6 Å². The molecule has 13 nitrogen and oxygen atoms in total. The van der Waals surface area contributed by atoms with Gasteiger partial charge >= 0.3 is 0 Å². The van der Waals surface area contributed by atoms with E-state index in [0.717, 1.165) is 11.1 Å². The van der Waals surface area contributed by atoms with Gasteiger partial charge in [-0.1, -0.05) is 24.3 Å². The Balaban J connectivity index is 2.04. The molecule has 39 heavy (non-hydrogen) atoms. The maximum atomic E-state index is 13.3. The number of aliphatic hydroxyl groups is 1. The van der Waals surface area contributed by atoms with Crippen molar-refractivity contribution in [1.29, 1.82) is 0 Å². The minimum absolute atomic E-state index is 0.0728. The summed E-state index contributed by atoms with van der Waals surface area (Å²) in [6.45, 7) is 1.06. The van der Waals surface area contributed by atoms with E-state index in [-0.39, 0.29) is 37.9 Å². The lowest BCUT2D eigenvalue weighted by Gasteiger charge is -2.27. The van der Waals surface area contributed by atoms with Crippen LogP contribution in [-0.2, 0) is 32.2 Å². The number of benzene rings is 1. The van der Waals surface area contributed by atoms with Crippen molar-refractivity contribution in [3.8, 4) is 0 Å². The second-order valence-electron chi connectivity index (χ2n) is 9.65. The zero-order valence-electron chi connectivity index (χ0n) is 22.3. The standard InChI is InChI=1S/C26H42N8O5/c27-12-2-1-5-20(24(38)32-19(23(28)37)6-3-13-31-26(29)30)33-25(39)21-7-4-14-34(21)22(36)15-17-8-10-18(16-35)11-9-17/h8-11,19-21,35H,1-7,12-16,27H2,(H2,28,37)(H,32,38)(H,33,39)(H4,29,30,31). The van der Waals surface area contributed by atoms with Crippen LogP contribution in [0.5, 0.6) is 0 Å². The van der Waals surface area contributed by atoms with Gasteiger partial charge in [-0.05, 0) is 62.6 Å². The number of nitrogens with zero attached hydrogens (tertiary/aromatic N) is 2. The lowest BCUT2D eigenvalue weighted by Crippen LogP contribution is -2.56.